The van der Waals surface area contributed by atoms with Gasteiger partial charge in [-0.3, -0.25) is 0 Å². The van der Waals surface area contributed by atoms with Crippen molar-refractivity contribution in [3.05, 3.63) is 348 Å². The van der Waals surface area contributed by atoms with Gasteiger partial charge in [0.25, 0.3) is 0 Å². The van der Waals surface area contributed by atoms with E-state index in [1.54, 1.807) is 0 Å². The van der Waals surface area contributed by atoms with Crippen LogP contribution in [0.4, 0.5) is 0 Å². The number of nitrogens with zero attached hydrogens (tertiary/aromatic N) is 2. The summed E-state index contributed by atoms with van der Waals surface area (Å²) in [6, 6.07) is 113. The van der Waals surface area contributed by atoms with E-state index in [-0.39, 0.29) is 0 Å². The smallest absolute Gasteiger partial charge is 0.160 e. The van der Waals surface area contributed by atoms with Crippen LogP contribution in [0.2, 0.25) is 0 Å². The van der Waals surface area contributed by atoms with E-state index in [0.717, 1.165) is 33.6 Å². The first-order valence-corrected chi connectivity index (χ1v) is 28.5. The Morgan fingerprint density at radius 3 is 1.00 bits per heavy atom. The maximum atomic E-state index is 5.32. The Balaban J connectivity index is 0.903. The van der Waals surface area contributed by atoms with Crippen LogP contribution in [0.1, 0.15) is 44.5 Å². The van der Waals surface area contributed by atoms with Crippen molar-refractivity contribution in [2.24, 2.45) is 0 Å². The molecule has 0 aliphatic heterocycles. The third kappa shape index (κ3) is 6.52. The Kier molecular flexibility index (Phi) is 10.2. The van der Waals surface area contributed by atoms with Crippen LogP contribution < -0.4 is 0 Å². The zero-order valence-corrected chi connectivity index (χ0v) is 44.8. The summed E-state index contributed by atoms with van der Waals surface area (Å²) >= 11 is 0. The van der Waals surface area contributed by atoms with Gasteiger partial charge in [-0.1, -0.05) is 279 Å². The second-order valence-corrected chi connectivity index (χ2v) is 22.2. The highest BCUT2D eigenvalue weighted by molar-refractivity contribution is 6.22. The molecule has 2 spiro atoms. The van der Waals surface area contributed by atoms with Crippen molar-refractivity contribution < 1.29 is 0 Å². The van der Waals surface area contributed by atoms with Crippen LogP contribution >= 0.6 is 0 Å². The largest absolute Gasteiger partial charge is 0.228 e. The van der Waals surface area contributed by atoms with Crippen LogP contribution in [0.25, 0.3) is 111 Å². The average molecular weight is 1040 g/mol. The predicted molar refractivity (Wildman–Crippen MR) is 338 cm³/mol. The van der Waals surface area contributed by atoms with Crippen LogP contribution in [0.3, 0.4) is 0 Å². The molecule has 0 bridgehead atoms. The number of aromatic nitrogens is 2. The fraction of sp³-hybridized carbons (Fsp3) is 0.0250. The van der Waals surface area contributed by atoms with E-state index in [1.807, 2.05) is 6.07 Å². The van der Waals surface area contributed by atoms with Gasteiger partial charge in [0.2, 0.25) is 0 Å². The zero-order valence-electron chi connectivity index (χ0n) is 44.8. The highest BCUT2D eigenvalue weighted by Gasteiger charge is 2.58. The monoisotopic (exact) mass is 1040 g/mol. The van der Waals surface area contributed by atoms with Gasteiger partial charge in [0.1, 0.15) is 0 Å². The third-order valence-corrected chi connectivity index (χ3v) is 18.2. The number of benzene rings is 13. The number of hydrogen-bond acceptors (Lipinski definition) is 2. The van der Waals surface area contributed by atoms with Crippen molar-refractivity contribution in [1.29, 1.82) is 0 Å². The summed E-state index contributed by atoms with van der Waals surface area (Å²) in [5, 5.41) is 4.75. The molecule has 1 aromatic heterocycles. The minimum absolute atomic E-state index is 0.502. The molecule has 2 nitrogen and oxygen atoms in total. The van der Waals surface area contributed by atoms with Crippen molar-refractivity contribution >= 4 is 21.5 Å². The van der Waals surface area contributed by atoms with E-state index in [0.29, 0.717) is 5.82 Å². The second kappa shape index (κ2) is 18.0. The molecule has 1 heterocycles. The Hall–Kier alpha value is -10.5. The first-order valence-electron chi connectivity index (χ1n) is 28.5. The lowest BCUT2D eigenvalue weighted by molar-refractivity contribution is 0.633. The van der Waals surface area contributed by atoms with Crippen LogP contribution in [0.15, 0.2) is 303 Å². The van der Waals surface area contributed by atoms with Crippen LogP contribution in [0.5, 0.6) is 0 Å². The third-order valence-electron chi connectivity index (χ3n) is 18.2. The number of fused-ring (bicyclic) bond motifs is 18. The van der Waals surface area contributed by atoms with E-state index in [4.69, 9.17) is 9.97 Å². The standard InChI is InChI=1S/C80H50N2/c1-5-23-51(24-6-1)74-50-75(82-78(81-74)54-29-11-4-12-30-54)57-43-46-63-65(48-57)77(53-27-9-3-10-28-53)62-45-42-55(47-64(62)76(63)52-25-7-2-8-26-52)56-41-44-61-60-33-15-18-36-68(60)80(73(61)49-56)71-39-21-19-37-69(71)79(70-38-20-22-40-72(70)80)66-34-16-13-31-58(66)59-32-14-17-35-67(59)79/h1-50H. The Labute approximate surface area is 477 Å². The molecule has 17 rings (SSSR count). The number of rotatable bonds is 6. The molecule has 3 aliphatic carbocycles. The molecule has 0 unspecified atom stereocenters. The van der Waals surface area contributed by atoms with Gasteiger partial charge >= 0.3 is 0 Å². The van der Waals surface area contributed by atoms with E-state index in [1.165, 1.54) is 116 Å². The molecule has 2 heteroatoms. The molecule has 13 aromatic carbocycles. The fourth-order valence-corrected chi connectivity index (χ4v) is 14.9. The maximum Gasteiger partial charge on any atom is 0.160 e. The Morgan fingerprint density at radius 2 is 0.524 bits per heavy atom. The quantitative estimate of drug-likeness (QED) is 0.155. The molecule has 0 N–H and O–H groups in total. The molecule has 380 valence electrons. The van der Waals surface area contributed by atoms with Crippen molar-refractivity contribution in [3.8, 4) is 89.5 Å². The summed E-state index contributed by atoms with van der Waals surface area (Å²) in [7, 11) is 0. The summed E-state index contributed by atoms with van der Waals surface area (Å²) in [4.78, 5) is 10.5. The summed E-state index contributed by atoms with van der Waals surface area (Å²) in [6.07, 6.45) is 0. The molecule has 14 aromatic rings. The molecule has 0 atom stereocenters. The molecule has 0 saturated heterocycles. The first kappa shape index (κ1) is 46.4. The molecule has 82 heavy (non-hydrogen) atoms. The van der Waals surface area contributed by atoms with E-state index < -0.39 is 10.8 Å². The lowest BCUT2D eigenvalue weighted by atomic mass is 9.52. The highest BCUT2D eigenvalue weighted by atomic mass is 14.9. The lowest BCUT2D eigenvalue weighted by Gasteiger charge is -2.48. The number of hydrogen-bond donors (Lipinski definition) is 0. The lowest BCUT2D eigenvalue weighted by Crippen LogP contribution is -2.43. The normalized spacial score (nSPS) is 13.6. The topological polar surface area (TPSA) is 25.8 Å². The highest BCUT2D eigenvalue weighted by Crippen LogP contribution is 2.67. The van der Waals surface area contributed by atoms with E-state index >= 15 is 0 Å². The fourth-order valence-electron chi connectivity index (χ4n) is 14.9. The Morgan fingerprint density at radius 1 is 0.195 bits per heavy atom. The first-order chi connectivity index (χ1) is 40.7. The molecular weight excluding hydrogens is 989 g/mol. The summed E-state index contributed by atoms with van der Waals surface area (Å²) in [5.74, 6) is 0.698. The Bertz CT molecular complexity index is 4750. The van der Waals surface area contributed by atoms with Gasteiger partial charge in [0, 0.05) is 16.7 Å². The summed E-state index contributed by atoms with van der Waals surface area (Å²) in [5.41, 5.74) is 26.7. The van der Waals surface area contributed by atoms with Crippen molar-refractivity contribution in [2.75, 3.05) is 0 Å². The molecule has 3 aliphatic rings. The van der Waals surface area contributed by atoms with E-state index in [2.05, 4.69) is 297 Å². The maximum absolute atomic E-state index is 5.32. The SMILES string of the molecule is c1ccc(-c2cc(-c3ccc4c(-c5ccccc5)c5cc(-c6ccc7c(c6)C6(c8ccccc8-7)c7ccccc7C7(c8ccccc8-c8ccccc87)c7ccccc76)ccc5c(-c5ccccc5)c4c3)nc(-c3ccccc3)n2)cc1. The van der Waals surface area contributed by atoms with Gasteiger partial charge in [-0.05, 0) is 146 Å². The predicted octanol–water partition coefficient (Wildman–Crippen LogP) is 19.8. The average Bonchev–Trinajstić information content (AvgIpc) is 1.52. The minimum atomic E-state index is -0.597. The zero-order chi connectivity index (χ0) is 53.9. The van der Waals surface area contributed by atoms with Gasteiger partial charge in [-0.15, -0.1) is 0 Å². The van der Waals surface area contributed by atoms with E-state index in [9.17, 15) is 0 Å². The van der Waals surface area contributed by atoms with Crippen LogP contribution in [0, 0.1) is 0 Å². The minimum Gasteiger partial charge on any atom is -0.228 e. The van der Waals surface area contributed by atoms with Gasteiger partial charge in [0.05, 0.1) is 22.2 Å². The molecule has 0 saturated carbocycles. The second-order valence-electron chi connectivity index (χ2n) is 22.2. The van der Waals surface area contributed by atoms with Crippen molar-refractivity contribution in [2.45, 2.75) is 10.8 Å². The van der Waals surface area contributed by atoms with Crippen LogP contribution in [-0.2, 0) is 10.8 Å². The molecule has 0 amide bonds. The van der Waals surface area contributed by atoms with Gasteiger partial charge in [-0.25, -0.2) is 9.97 Å². The van der Waals surface area contributed by atoms with Crippen molar-refractivity contribution in [3.63, 3.8) is 0 Å². The molecular formula is C80H50N2. The van der Waals surface area contributed by atoms with Crippen molar-refractivity contribution in [1.82, 2.24) is 9.97 Å². The van der Waals surface area contributed by atoms with Crippen LogP contribution in [-0.4, -0.2) is 9.97 Å². The van der Waals surface area contributed by atoms with Gasteiger partial charge < -0.3 is 0 Å². The molecule has 0 fully saturated rings. The summed E-state index contributed by atoms with van der Waals surface area (Å²) in [6.45, 7) is 0. The van der Waals surface area contributed by atoms with Gasteiger partial charge in [-0.2, -0.15) is 0 Å². The summed E-state index contributed by atoms with van der Waals surface area (Å²) < 4.78 is 0. The van der Waals surface area contributed by atoms with Gasteiger partial charge in [0.15, 0.2) is 5.82 Å². The molecule has 0 radical (unpaired) electrons.